The van der Waals surface area contributed by atoms with E-state index in [0.29, 0.717) is 5.92 Å². The minimum atomic E-state index is -0.179. The van der Waals surface area contributed by atoms with Crippen LogP contribution < -0.4 is 0 Å². The van der Waals surface area contributed by atoms with E-state index in [1.54, 1.807) is 0 Å². The highest BCUT2D eigenvalue weighted by molar-refractivity contribution is 4.80. The fourth-order valence-electron chi connectivity index (χ4n) is 0.548. The van der Waals surface area contributed by atoms with Crippen molar-refractivity contribution < 1.29 is 5.11 Å². The molecule has 0 aromatic rings. The van der Waals surface area contributed by atoms with Crippen molar-refractivity contribution >= 4 is 0 Å². The Balaban J connectivity index is 3.38. The normalized spacial score (nSPS) is 18.2. The lowest BCUT2D eigenvalue weighted by atomic mass is 10.0. The SMILES string of the molecule is CC=CC[C@@H](C)[C@@H](C)O. The predicted octanol–water partition coefficient (Wildman–Crippen LogP) is 1.97. The van der Waals surface area contributed by atoms with Gasteiger partial charge in [-0.1, -0.05) is 19.1 Å². The zero-order valence-electron chi connectivity index (χ0n) is 6.46. The molecule has 0 aliphatic heterocycles. The lowest BCUT2D eigenvalue weighted by molar-refractivity contribution is 0.136. The highest BCUT2D eigenvalue weighted by Crippen LogP contribution is 2.07. The molecule has 0 unspecified atom stereocenters. The van der Waals surface area contributed by atoms with Crippen molar-refractivity contribution in [3.63, 3.8) is 0 Å². The molecule has 0 spiro atoms. The summed E-state index contributed by atoms with van der Waals surface area (Å²) in [5.41, 5.74) is 0. The van der Waals surface area contributed by atoms with Crippen LogP contribution in [0.1, 0.15) is 27.2 Å². The van der Waals surface area contributed by atoms with E-state index in [4.69, 9.17) is 5.11 Å². The molecule has 54 valence electrons. The van der Waals surface area contributed by atoms with Crippen molar-refractivity contribution in [2.75, 3.05) is 0 Å². The summed E-state index contributed by atoms with van der Waals surface area (Å²) in [4.78, 5) is 0. The van der Waals surface area contributed by atoms with Crippen LogP contribution in [0, 0.1) is 5.92 Å². The summed E-state index contributed by atoms with van der Waals surface area (Å²) in [6.07, 6.45) is 4.89. The number of rotatable bonds is 3. The molecule has 1 heteroatoms. The number of hydrogen-bond donors (Lipinski definition) is 1. The van der Waals surface area contributed by atoms with Gasteiger partial charge in [0, 0.05) is 0 Å². The minimum absolute atomic E-state index is 0.179. The fourth-order valence-corrected chi connectivity index (χ4v) is 0.548. The van der Waals surface area contributed by atoms with Crippen LogP contribution in [0.4, 0.5) is 0 Å². The van der Waals surface area contributed by atoms with Gasteiger partial charge in [-0.2, -0.15) is 0 Å². The maximum atomic E-state index is 9.01. The third-order valence-electron chi connectivity index (χ3n) is 1.57. The Kier molecular flexibility index (Phi) is 4.41. The molecular formula is C8H16O. The molecule has 0 rings (SSSR count). The van der Waals surface area contributed by atoms with E-state index in [2.05, 4.69) is 6.08 Å². The van der Waals surface area contributed by atoms with E-state index in [9.17, 15) is 0 Å². The number of hydrogen-bond acceptors (Lipinski definition) is 1. The molecule has 0 bridgehead atoms. The van der Waals surface area contributed by atoms with E-state index < -0.39 is 0 Å². The molecule has 0 aromatic heterocycles. The zero-order valence-corrected chi connectivity index (χ0v) is 6.46. The first-order valence-electron chi connectivity index (χ1n) is 3.47. The molecule has 0 saturated heterocycles. The van der Waals surface area contributed by atoms with Crippen molar-refractivity contribution in [3.05, 3.63) is 12.2 Å². The van der Waals surface area contributed by atoms with E-state index in [-0.39, 0.29) is 6.10 Å². The van der Waals surface area contributed by atoms with Gasteiger partial charge in [0.15, 0.2) is 0 Å². The quantitative estimate of drug-likeness (QED) is 0.576. The van der Waals surface area contributed by atoms with E-state index in [1.807, 2.05) is 26.8 Å². The maximum Gasteiger partial charge on any atom is 0.0540 e. The Bertz CT molecular complexity index is 84.6. The van der Waals surface area contributed by atoms with Gasteiger partial charge in [-0.3, -0.25) is 0 Å². The van der Waals surface area contributed by atoms with Crippen LogP contribution >= 0.6 is 0 Å². The molecule has 0 saturated carbocycles. The van der Waals surface area contributed by atoms with E-state index >= 15 is 0 Å². The van der Waals surface area contributed by atoms with Gasteiger partial charge in [-0.25, -0.2) is 0 Å². The number of aliphatic hydroxyl groups excluding tert-OH is 1. The van der Waals surface area contributed by atoms with Crippen molar-refractivity contribution in [2.24, 2.45) is 5.92 Å². The van der Waals surface area contributed by atoms with Crippen molar-refractivity contribution in [3.8, 4) is 0 Å². The third-order valence-corrected chi connectivity index (χ3v) is 1.57. The smallest absolute Gasteiger partial charge is 0.0540 e. The molecule has 1 nitrogen and oxygen atoms in total. The lowest BCUT2D eigenvalue weighted by Gasteiger charge is -2.10. The van der Waals surface area contributed by atoms with Crippen LogP contribution in [-0.4, -0.2) is 11.2 Å². The zero-order chi connectivity index (χ0) is 7.28. The highest BCUT2D eigenvalue weighted by atomic mass is 16.3. The van der Waals surface area contributed by atoms with Crippen LogP contribution in [0.25, 0.3) is 0 Å². The molecule has 0 heterocycles. The van der Waals surface area contributed by atoms with Crippen LogP contribution in [-0.2, 0) is 0 Å². The fraction of sp³-hybridized carbons (Fsp3) is 0.750. The summed E-state index contributed by atoms with van der Waals surface area (Å²) in [5.74, 6) is 0.390. The van der Waals surface area contributed by atoms with Gasteiger partial charge >= 0.3 is 0 Å². The van der Waals surface area contributed by atoms with Crippen LogP contribution in [0.3, 0.4) is 0 Å². The summed E-state index contributed by atoms with van der Waals surface area (Å²) in [7, 11) is 0. The average Bonchev–Trinajstić information content (AvgIpc) is 1.82. The average molecular weight is 128 g/mol. The minimum Gasteiger partial charge on any atom is -0.393 e. The Labute approximate surface area is 57.4 Å². The monoisotopic (exact) mass is 128 g/mol. The van der Waals surface area contributed by atoms with E-state index in [1.165, 1.54) is 0 Å². The van der Waals surface area contributed by atoms with Crippen molar-refractivity contribution in [1.82, 2.24) is 0 Å². The van der Waals surface area contributed by atoms with Gasteiger partial charge in [-0.15, -0.1) is 0 Å². The summed E-state index contributed by atoms with van der Waals surface area (Å²) in [6.45, 7) is 5.87. The lowest BCUT2D eigenvalue weighted by Crippen LogP contribution is -2.11. The van der Waals surface area contributed by atoms with Gasteiger partial charge in [0.2, 0.25) is 0 Å². The van der Waals surface area contributed by atoms with Gasteiger partial charge in [0.1, 0.15) is 0 Å². The van der Waals surface area contributed by atoms with Crippen molar-refractivity contribution in [2.45, 2.75) is 33.3 Å². The standard InChI is InChI=1S/C8H16O/c1-4-5-6-7(2)8(3)9/h4-5,7-9H,6H2,1-3H3/t7-,8-/m1/s1. The third kappa shape index (κ3) is 4.22. The van der Waals surface area contributed by atoms with Gasteiger partial charge in [0.25, 0.3) is 0 Å². The second kappa shape index (κ2) is 4.57. The Morgan fingerprint density at radius 3 is 2.33 bits per heavy atom. The summed E-state index contributed by atoms with van der Waals surface area (Å²) < 4.78 is 0. The molecule has 0 aromatic carbocycles. The largest absolute Gasteiger partial charge is 0.393 e. The highest BCUT2D eigenvalue weighted by Gasteiger charge is 2.04. The Hall–Kier alpha value is -0.300. The molecule has 9 heavy (non-hydrogen) atoms. The van der Waals surface area contributed by atoms with Gasteiger partial charge in [-0.05, 0) is 26.2 Å². The first kappa shape index (κ1) is 8.70. The van der Waals surface area contributed by atoms with Gasteiger partial charge < -0.3 is 5.11 Å². The molecule has 0 amide bonds. The van der Waals surface area contributed by atoms with Crippen LogP contribution in [0.2, 0.25) is 0 Å². The maximum absolute atomic E-state index is 9.01. The molecule has 2 atom stereocenters. The number of allylic oxidation sites excluding steroid dienone is 2. The van der Waals surface area contributed by atoms with Gasteiger partial charge in [0.05, 0.1) is 6.10 Å². The molecule has 0 aliphatic carbocycles. The van der Waals surface area contributed by atoms with Crippen molar-refractivity contribution in [1.29, 1.82) is 0 Å². The molecule has 0 fully saturated rings. The summed E-state index contributed by atoms with van der Waals surface area (Å²) in [6, 6.07) is 0. The van der Waals surface area contributed by atoms with Crippen LogP contribution in [0.5, 0.6) is 0 Å². The number of aliphatic hydroxyl groups is 1. The second-order valence-electron chi connectivity index (χ2n) is 2.52. The molecule has 0 radical (unpaired) electrons. The second-order valence-corrected chi connectivity index (χ2v) is 2.52. The molecule has 0 aliphatic rings. The first-order chi connectivity index (χ1) is 4.18. The predicted molar refractivity (Wildman–Crippen MR) is 40.3 cm³/mol. The molecule has 1 N–H and O–H groups in total. The Morgan fingerprint density at radius 1 is 1.44 bits per heavy atom. The summed E-state index contributed by atoms with van der Waals surface area (Å²) in [5, 5.41) is 9.01. The summed E-state index contributed by atoms with van der Waals surface area (Å²) >= 11 is 0. The Morgan fingerprint density at radius 2 is 2.00 bits per heavy atom. The molecular weight excluding hydrogens is 112 g/mol. The van der Waals surface area contributed by atoms with Crippen LogP contribution in [0.15, 0.2) is 12.2 Å². The topological polar surface area (TPSA) is 20.2 Å². The first-order valence-corrected chi connectivity index (χ1v) is 3.47. The van der Waals surface area contributed by atoms with E-state index in [0.717, 1.165) is 6.42 Å².